The smallest absolute Gasteiger partial charge is 0.106 e. The molecule has 3 heteroatoms. The van der Waals surface area contributed by atoms with Crippen molar-refractivity contribution in [3.8, 4) is 0 Å². The molecule has 0 aliphatic heterocycles. The fourth-order valence-electron chi connectivity index (χ4n) is 3.52. The number of aliphatic hydroxyl groups excluding tert-OH is 3. The summed E-state index contributed by atoms with van der Waals surface area (Å²) in [6, 6.07) is 0. The highest BCUT2D eigenvalue weighted by atomic mass is 16.4. The van der Waals surface area contributed by atoms with Crippen LogP contribution in [0.1, 0.15) is 6.42 Å². The third-order valence-electron chi connectivity index (χ3n) is 4.07. The molecule has 0 aromatic heterocycles. The average Bonchev–Trinajstić information content (AvgIpc) is 2.76. The van der Waals surface area contributed by atoms with Crippen molar-refractivity contribution < 1.29 is 15.3 Å². The van der Waals surface area contributed by atoms with Crippen LogP contribution in [0.3, 0.4) is 0 Å². The van der Waals surface area contributed by atoms with Gasteiger partial charge in [0.25, 0.3) is 0 Å². The summed E-state index contributed by atoms with van der Waals surface area (Å²) in [7, 11) is 0. The predicted octanol–water partition coefficient (Wildman–Crippen LogP) is -0.479. The first kappa shape index (κ1) is 7.97. The second-order valence-electron chi connectivity index (χ2n) is 4.57. The number of fused-ring (bicyclic) bond motifs is 5. The maximum absolute atomic E-state index is 9.72. The number of allylic oxidation sites excluding steroid dienone is 2. The molecule has 72 valence electrons. The van der Waals surface area contributed by atoms with E-state index in [9.17, 15) is 15.3 Å². The third-order valence-corrected chi connectivity index (χ3v) is 4.07. The van der Waals surface area contributed by atoms with Gasteiger partial charge < -0.3 is 15.3 Å². The molecule has 3 aliphatic rings. The van der Waals surface area contributed by atoms with Crippen molar-refractivity contribution in [3.63, 3.8) is 0 Å². The molecule has 3 N–H and O–H groups in total. The fraction of sp³-hybridized carbons (Fsp3) is 0.800. The van der Waals surface area contributed by atoms with Crippen LogP contribution in [0.2, 0.25) is 0 Å². The topological polar surface area (TPSA) is 60.7 Å². The molecule has 7 atom stereocenters. The Balaban J connectivity index is 1.98. The fourth-order valence-corrected chi connectivity index (χ4v) is 3.52. The minimum Gasteiger partial charge on any atom is -0.390 e. The first-order valence-electron chi connectivity index (χ1n) is 4.92. The van der Waals surface area contributed by atoms with Gasteiger partial charge in [-0.25, -0.2) is 0 Å². The van der Waals surface area contributed by atoms with Crippen LogP contribution in [0.25, 0.3) is 0 Å². The second-order valence-corrected chi connectivity index (χ2v) is 4.57. The number of rotatable bonds is 0. The van der Waals surface area contributed by atoms with Crippen LogP contribution in [-0.4, -0.2) is 33.6 Å². The van der Waals surface area contributed by atoms with Gasteiger partial charge in [0.1, 0.15) is 6.10 Å². The Morgan fingerprint density at radius 2 is 1.23 bits per heavy atom. The van der Waals surface area contributed by atoms with E-state index in [0.29, 0.717) is 11.8 Å². The van der Waals surface area contributed by atoms with Crippen molar-refractivity contribution in [3.05, 3.63) is 12.2 Å². The number of aliphatic hydroxyl groups is 3. The van der Waals surface area contributed by atoms with Gasteiger partial charge in [-0.05, 0) is 30.1 Å². The predicted molar refractivity (Wildman–Crippen MR) is 45.7 cm³/mol. The molecule has 3 rings (SSSR count). The zero-order valence-corrected chi connectivity index (χ0v) is 7.24. The Morgan fingerprint density at radius 3 is 1.69 bits per heavy atom. The summed E-state index contributed by atoms with van der Waals surface area (Å²) < 4.78 is 0. The van der Waals surface area contributed by atoms with Crippen molar-refractivity contribution in [1.82, 2.24) is 0 Å². The lowest BCUT2D eigenvalue weighted by Crippen LogP contribution is -2.32. The van der Waals surface area contributed by atoms with Gasteiger partial charge in [-0.3, -0.25) is 0 Å². The molecule has 2 bridgehead atoms. The van der Waals surface area contributed by atoms with Crippen molar-refractivity contribution in [2.24, 2.45) is 23.7 Å². The van der Waals surface area contributed by atoms with E-state index in [-0.39, 0.29) is 11.8 Å². The lowest BCUT2D eigenvalue weighted by Gasteiger charge is -2.23. The first-order chi connectivity index (χ1) is 6.20. The maximum Gasteiger partial charge on any atom is 0.106 e. The summed E-state index contributed by atoms with van der Waals surface area (Å²) in [5.41, 5.74) is 0. The minimum atomic E-state index is -0.930. The third kappa shape index (κ3) is 0.802. The van der Waals surface area contributed by atoms with E-state index in [1.807, 2.05) is 0 Å². The summed E-state index contributed by atoms with van der Waals surface area (Å²) in [6.07, 6.45) is 2.93. The summed E-state index contributed by atoms with van der Waals surface area (Å²) in [5.74, 6) is 0.966. The lowest BCUT2D eigenvalue weighted by molar-refractivity contribution is -0.0359. The van der Waals surface area contributed by atoms with Crippen molar-refractivity contribution in [1.29, 1.82) is 0 Å². The molecule has 0 aromatic carbocycles. The molecule has 0 aromatic rings. The SMILES string of the molecule is OC1[C@@H](O)[C@H]2[C@@H]([C@@H]1O)[C@H]1C=C[C@@H]2C1. The van der Waals surface area contributed by atoms with Crippen LogP contribution in [0, 0.1) is 23.7 Å². The van der Waals surface area contributed by atoms with Crippen LogP contribution in [0.4, 0.5) is 0 Å². The molecular weight excluding hydrogens is 168 g/mol. The molecule has 3 aliphatic carbocycles. The van der Waals surface area contributed by atoms with Crippen molar-refractivity contribution in [2.75, 3.05) is 0 Å². The van der Waals surface area contributed by atoms with Gasteiger partial charge in [-0.2, -0.15) is 0 Å². The van der Waals surface area contributed by atoms with Crippen LogP contribution < -0.4 is 0 Å². The number of hydrogen-bond acceptors (Lipinski definition) is 3. The highest BCUT2D eigenvalue weighted by molar-refractivity contribution is 5.20. The molecule has 2 saturated carbocycles. The van der Waals surface area contributed by atoms with Crippen molar-refractivity contribution >= 4 is 0 Å². The van der Waals surface area contributed by atoms with E-state index in [1.54, 1.807) is 0 Å². The Labute approximate surface area is 76.7 Å². The zero-order chi connectivity index (χ0) is 9.16. The Bertz CT molecular complexity index is 239. The van der Waals surface area contributed by atoms with Gasteiger partial charge in [0, 0.05) is 0 Å². The van der Waals surface area contributed by atoms with E-state index in [1.165, 1.54) is 0 Å². The Hall–Kier alpha value is -0.380. The largest absolute Gasteiger partial charge is 0.390 e. The molecule has 13 heavy (non-hydrogen) atoms. The van der Waals surface area contributed by atoms with E-state index >= 15 is 0 Å². The molecule has 2 fully saturated rings. The van der Waals surface area contributed by atoms with Gasteiger partial charge >= 0.3 is 0 Å². The van der Waals surface area contributed by atoms with Crippen LogP contribution in [-0.2, 0) is 0 Å². The number of hydrogen-bond donors (Lipinski definition) is 3. The maximum atomic E-state index is 9.72. The lowest BCUT2D eigenvalue weighted by atomic mass is 9.84. The standard InChI is InChI=1S/C10H14O3/c11-8-6-4-1-2-5(3-4)7(6)9(12)10(8)13/h1-2,4-13H,3H2/t4-,5+,6-,7+,8-,9-,10?/m0/s1. The van der Waals surface area contributed by atoms with Gasteiger partial charge in [-0.1, -0.05) is 12.2 Å². The summed E-state index contributed by atoms with van der Waals surface area (Å²) in [4.78, 5) is 0. The molecule has 0 saturated heterocycles. The monoisotopic (exact) mass is 182 g/mol. The van der Waals surface area contributed by atoms with Crippen molar-refractivity contribution in [2.45, 2.75) is 24.7 Å². The normalized spacial score (nSPS) is 63.2. The highest BCUT2D eigenvalue weighted by Gasteiger charge is 2.59. The average molecular weight is 182 g/mol. The van der Waals surface area contributed by atoms with E-state index in [0.717, 1.165) is 6.42 Å². The van der Waals surface area contributed by atoms with Crippen LogP contribution >= 0.6 is 0 Å². The molecule has 1 unspecified atom stereocenters. The van der Waals surface area contributed by atoms with Gasteiger partial charge in [0.2, 0.25) is 0 Å². The van der Waals surface area contributed by atoms with E-state index < -0.39 is 18.3 Å². The summed E-state index contributed by atoms with van der Waals surface area (Å²) in [6.45, 7) is 0. The molecule has 0 radical (unpaired) electrons. The molecule has 0 heterocycles. The van der Waals surface area contributed by atoms with Gasteiger partial charge in [-0.15, -0.1) is 0 Å². The van der Waals surface area contributed by atoms with Gasteiger partial charge in [0.05, 0.1) is 12.2 Å². The Kier molecular flexibility index (Phi) is 1.44. The molecule has 3 nitrogen and oxygen atoms in total. The molecular formula is C10H14O3. The summed E-state index contributed by atoms with van der Waals surface area (Å²) >= 11 is 0. The minimum absolute atomic E-state index is 0.0972. The van der Waals surface area contributed by atoms with Crippen LogP contribution in [0.15, 0.2) is 12.2 Å². The van der Waals surface area contributed by atoms with Crippen LogP contribution in [0.5, 0.6) is 0 Å². The quantitative estimate of drug-likeness (QED) is 0.443. The molecule has 0 amide bonds. The van der Waals surface area contributed by atoms with E-state index in [4.69, 9.17) is 0 Å². The molecule has 0 spiro atoms. The first-order valence-corrected chi connectivity index (χ1v) is 4.92. The second kappa shape index (κ2) is 2.35. The highest BCUT2D eigenvalue weighted by Crippen LogP contribution is 2.55. The Morgan fingerprint density at radius 1 is 0.769 bits per heavy atom. The van der Waals surface area contributed by atoms with E-state index in [2.05, 4.69) is 12.2 Å². The van der Waals surface area contributed by atoms with Gasteiger partial charge in [0.15, 0.2) is 0 Å². The summed E-state index contributed by atoms with van der Waals surface area (Å²) in [5, 5.41) is 28.9. The zero-order valence-electron chi connectivity index (χ0n) is 7.24.